The van der Waals surface area contributed by atoms with Gasteiger partial charge in [0.25, 0.3) is 0 Å². The number of hydrogen-bond donors (Lipinski definition) is 1. The quantitative estimate of drug-likeness (QED) is 0.310. The molecular formula is C32H39N3O5S. The zero-order valence-electron chi connectivity index (χ0n) is 24.0. The van der Waals surface area contributed by atoms with Gasteiger partial charge in [0.15, 0.2) is 0 Å². The van der Waals surface area contributed by atoms with Crippen LogP contribution in [0.4, 0.5) is 5.69 Å². The number of carbonyl (C=O) groups excluding carboxylic acids is 2. The van der Waals surface area contributed by atoms with Gasteiger partial charge in [-0.15, -0.1) is 0 Å². The van der Waals surface area contributed by atoms with Crippen LogP contribution in [0.2, 0.25) is 0 Å². The predicted molar refractivity (Wildman–Crippen MR) is 161 cm³/mol. The van der Waals surface area contributed by atoms with Crippen molar-refractivity contribution in [2.45, 2.75) is 64.6 Å². The molecule has 218 valence electrons. The van der Waals surface area contributed by atoms with Gasteiger partial charge in [0.1, 0.15) is 24.1 Å². The minimum Gasteiger partial charge on any atom is -0.457 e. The normalized spacial score (nSPS) is 14.3. The van der Waals surface area contributed by atoms with E-state index in [1.54, 1.807) is 24.3 Å². The Kier molecular flexibility index (Phi) is 10.0. The molecule has 8 nitrogen and oxygen atoms in total. The lowest BCUT2D eigenvalue weighted by Crippen LogP contribution is -2.53. The minimum absolute atomic E-state index is 0.108. The van der Waals surface area contributed by atoms with E-state index in [9.17, 15) is 18.0 Å². The maximum atomic E-state index is 13.9. The number of sulfonamides is 1. The second-order valence-electron chi connectivity index (χ2n) is 10.6. The predicted octanol–water partition coefficient (Wildman–Crippen LogP) is 5.42. The summed E-state index contributed by atoms with van der Waals surface area (Å²) in [5.74, 6) is 0.544. The molecule has 41 heavy (non-hydrogen) atoms. The second-order valence-corrected chi connectivity index (χ2v) is 12.5. The molecule has 9 heteroatoms. The molecule has 1 saturated carbocycles. The number of para-hydroxylation sites is 1. The van der Waals surface area contributed by atoms with Crippen molar-refractivity contribution in [2.75, 3.05) is 17.1 Å². The summed E-state index contributed by atoms with van der Waals surface area (Å²) in [7, 11) is -3.82. The van der Waals surface area contributed by atoms with E-state index in [0.29, 0.717) is 23.6 Å². The Hall–Kier alpha value is -3.85. The van der Waals surface area contributed by atoms with Gasteiger partial charge in [0.05, 0.1) is 11.9 Å². The number of aryl methyl sites for hydroxylation is 1. The lowest BCUT2D eigenvalue weighted by Gasteiger charge is -2.33. The summed E-state index contributed by atoms with van der Waals surface area (Å²) in [5, 5.41) is 3.13. The van der Waals surface area contributed by atoms with Crippen LogP contribution in [-0.4, -0.2) is 50.0 Å². The van der Waals surface area contributed by atoms with E-state index in [1.807, 2.05) is 68.4 Å². The Morgan fingerprint density at radius 3 is 2.22 bits per heavy atom. The summed E-state index contributed by atoms with van der Waals surface area (Å²) in [6.07, 6.45) is 5.49. The van der Waals surface area contributed by atoms with Crippen LogP contribution >= 0.6 is 0 Å². The van der Waals surface area contributed by atoms with E-state index in [4.69, 9.17) is 4.74 Å². The van der Waals surface area contributed by atoms with Crippen molar-refractivity contribution in [3.8, 4) is 11.5 Å². The molecule has 0 heterocycles. The SMILES string of the molecule is CCC(C(=O)NC1CCCC1)N(Cc1cccc(C)c1)C(=O)CN(c1ccc(Oc2ccccc2)cc1)S(C)(=O)=O. The molecule has 1 aliphatic rings. The number of hydrogen-bond acceptors (Lipinski definition) is 5. The maximum Gasteiger partial charge on any atom is 0.244 e. The van der Waals surface area contributed by atoms with Crippen LogP contribution < -0.4 is 14.4 Å². The van der Waals surface area contributed by atoms with Gasteiger partial charge in [-0.3, -0.25) is 13.9 Å². The third-order valence-corrected chi connectivity index (χ3v) is 8.45. The number of amides is 2. The molecule has 1 aliphatic carbocycles. The van der Waals surface area contributed by atoms with Crippen molar-refractivity contribution in [3.05, 3.63) is 90.0 Å². The van der Waals surface area contributed by atoms with Crippen LogP contribution in [0.15, 0.2) is 78.9 Å². The van der Waals surface area contributed by atoms with Gasteiger partial charge >= 0.3 is 0 Å². The largest absolute Gasteiger partial charge is 0.457 e. The fourth-order valence-corrected chi connectivity index (χ4v) is 6.06. The lowest BCUT2D eigenvalue weighted by atomic mass is 10.1. The molecular weight excluding hydrogens is 538 g/mol. The number of benzene rings is 3. The van der Waals surface area contributed by atoms with E-state index in [2.05, 4.69) is 5.32 Å². The van der Waals surface area contributed by atoms with Crippen LogP contribution in [0.3, 0.4) is 0 Å². The number of carbonyl (C=O) groups is 2. The average molecular weight is 578 g/mol. The van der Waals surface area contributed by atoms with E-state index in [0.717, 1.165) is 47.4 Å². The summed E-state index contributed by atoms with van der Waals surface area (Å²) in [6, 6.07) is 23.0. The van der Waals surface area contributed by atoms with Crippen LogP contribution in [-0.2, 0) is 26.2 Å². The summed E-state index contributed by atoms with van der Waals surface area (Å²) in [4.78, 5) is 28.9. The monoisotopic (exact) mass is 577 g/mol. The van der Waals surface area contributed by atoms with Crippen LogP contribution in [0.1, 0.15) is 50.2 Å². The van der Waals surface area contributed by atoms with Gasteiger partial charge in [0.2, 0.25) is 21.8 Å². The van der Waals surface area contributed by atoms with Gasteiger partial charge < -0.3 is 15.0 Å². The first-order valence-corrected chi connectivity index (χ1v) is 15.9. The minimum atomic E-state index is -3.82. The maximum absolute atomic E-state index is 13.9. The first-order valence-electron chi connectivity index (χ1n) is 14.1. The first kappa shape index (κ1) is 30.1. The Morgan fingerprint density at radius 1 is 0.951 bits per heavy atom. The topological polar surface area (TPSA) is 96.0 Å². The van der Waals surface area contributed by atoms with Crippen molar-refractivity contribution in [2.24, 2.45) is 0 Å². The molecule has 0 radical (unpaired) electrons. The molecule has 3 aromatic rings. The third kappa shape index (κ3) is 8.33. The lowest BCUT2D eigenvalue weighted by molar-refractivity contribution is -0.140. The van der Waals surface area contributed by atoms with Gasteiger partial charge in [-0.25, -0.2) is 8.42 Å². The molecule has 3 aromatic carbocycles. The zero-order valence-corrected chi connectivity index (χ0v) is 24.8. The van der Waals surface area contributed by atoms with Crippen molar-refractivity contribution in [1.29, 1.82) is 0 Å². The smallest absolute Gasteiger partial charge is 0.244 e. The van der Waals surface area contributed by atoms with E-state index in [1.165, 1.54) is 4.90 Å². The Balaban J connectivity index is 1.58. The highest BCUT2D eigenvalue weighted by atomic mass is 32.2. The molecule has 0 spiro atoms. The van der Waals surface area contributed by atoms with Crippen LogP contribution in [0.25, 0.3) is 0 Å². The van der Waals surface area contributed by atoms with Gasteiger partial charge in [-0.2, -0.15) is 0 Å². The summed E-state index contributed by atoms with van der Waals surface area (Å²) < 4.78 is 32.7. The van der Waals surface area contributed by atoms with Gasteiger partial charge in [-0.05, 0) is 68.1 Å². The number of nitrogens with zero attached hydrogens (tertiary/aromatic N) is 2. The number of ether oxygens (including phenoxy) is 1. The van der Waals surface area contributed by atoms with E-state index >= 15 is 0 Å². The Morgan fingerprint density at radius 2 is 1.61 bits per heavy atom. The van der Waals surface area contributed by atoms with Crippen molar-refractivity contribution >= 4 is 27.5 Å². The Bertz CT molecular complexity index is 1420. The van der Waals surface area contributed by atoms with Crippen molar-refractivity contribution < 1.29 is 22.7 Å². The molecule has 1 atom stereocenters. The highest BCUT2D eigenvalue weighted by Gasteiger charge is 2.33. The Labute approximate surface area is 243 Å². The molecule has 0 bridgehead atoms. The zero-order chi connectivity index (χ0) is 29.4. The highest BCUT2D eigenvalue weighted by Crippen LogP contribution is 2.26. The average Bonchev–Trinajstić information content (AvgIpc) is 3.45. The van der Waals surface area contributed by atoms with Gasteiger partial charge in [-0.1, -0.05) is 67.8 Å². The standard InChI is InChI=1S/C32H39N3O5S/c1-4-30(32(37)33-26-13-8-9-14-26)34(22-25-12-10-11-24(2)21-25)31(36)23-35(41(3,38)39)27-17-19-29(20-18-27)40-28-15-6-5-7-16-28/h5-7,10-12,15-21,26,30H,4,8-9,13-14,22-23H2,1-3H3,(H,33,37). The number of anilines is 1. The van der Waals surface area contributed by atoms with Gasteiger partial charge in [0, 0.05) is 12.6 Å². The molecule has 2 amide bonds. The summed E-state index contributed by atoms with van der Waals surface area (Å²) >= 11 is 0. The molecule has 1 N–H and O–H groups in total. The molecule has 1 fully saturated rings. The molecule has 0 saturated heterocycles. The first-order chi connectivity index (χ1) is 19.6. The summed E-state index contributed by atoms with van der Waals surface area (Å²) in [5.41, 5.74) is 2.24. The van der Waals surface area contributed by atoms with E-state index in [-0.39, 0.29) is 18.5 Å². The fourth-order valence-electron chi connectivity index (χ4n) is 5.21. The summed E-state index contributed by atoms with van der Waals surface area (Å²) in [6.45, 7) is 3.60. The van der Waals surface area contributed by atoms with E-state index < -0.39 is 28.5 Å². The second kappa shape index (κ2) is 13.7. The van der Waals surface area contributed by atoms with Crippen molar-refractivity contribution in [1.82, 2.24) is 10.2 Å². The molecule has 0 aliphatic heterocycles. The molecule has 1 unspecified atom stereocenters. The third-order valence-electron chi connectivity index (χ3n) is 7.31. The highest BCUT2D eigenvalue weighted by molar-refractivity contribution is 7.92. The fraction of sp³-hybridized carbons (Fsp3) is 0.375. The van der Waals surface area contributed by atoms with Crippen LogP contribution in [0, 0.1) is 6.92 Å². The van der Waals surface area contributed by atoms with Crippen LogP contribution in [0.5, 0.6) is 11.5 Å². The molecule has 4 rings (SSSR count). The van der Waals surface area contributed by atoms with Crippen molar-refractivity contribution in [3.63, 3.8) is 0 Å². The number of rotatable bonds is 12. The number of nitrogens with one attached hydrogen (secondary N) is 1. The molecule has 0 aromatic heterocycles.